The van der Waals surface area contributed by atoms with Crippen LogP contribution in [0.25, 0.3) is 10.9 Å². The maximum atomic E-state index is 12.8. The van der Waals surface area contributed by atoms with Crippen LogP contribution in [0.1, 0.15) is 19.3 Å². The Morgan fingerprint density at radius 3 is 2.73 bits per heavy atom. The zero-order valence-corrected chi connectivity index (χ0v) is 15.2. The summed E-state index contributed by atoms with van der Waals surface area (Å²) in [5.74, 6) is 0.263. The summed E-state index contributed by atoms with van der Waals surface area (Å²) < 4.78 is 8.06. The van der Waals surface area contributed by atoms with Crippen LogP contribution < -0.4 is 0 Å². The smallest absolute Gasteiger partial charge is 0.242 e. The molecule has 0 unspecified atom stereocenters. The predicted molar refractivity (Wildman–Crippen MR) is 98.7 cm³/mol. The third-order valence-electron chi connectivity index (χ3n) is 5.75. The van der Waals surface area contributed by atoms with Gasteiger partial charge in [0.05, 0.1) is 18.6 Å². The lowest BCUT2D eigenvalue weighted by atomic mass is 9.87. The molecule has 1 aromatic carbocycles. The molecule has 2 fully saturated rings. The van der Waals surface area contributed by atoms with Gasteiger partial charge in [0.15, 0.2) is 0 Å². The van der Waals surface area contributed by atoms with Gasteiger partial charge in [0.2, 0.25) is 11.8 Å². The van der Waals surface area contributed by atoms with Gasteiger partial charge in [0.25, 0.3) is 0 Å². The van der Waals surface area contributed by atoms with Gasteiger partial charge in [-0.15, -0.1) is 0 Å². The Kier molecular flexibility index (Phi) is 4.44. The minimum Gasteiger partial charge on any atom is -0.372 e. The summed E-state index contributed by atoms with van der Waals surface area (Å²) in [6, 6.07) is 10.1. The third-order valence-corrected chi connectivity index (χ3v) is 5.75. The Morgan fingerprint density at radius 1 is 1.15 bits per heavy atom. The molecule has 0 N–H and O–H groups in total. The van der Waals surface area contributed by atoms with Gasteiger partial charge in [-0.05, 0) is 30.4 Å². The van der Waals surface area contributed by atoms with Gasteiger partial charge >= 0.3 is 0 Å². The van der Waals surface area contributed by atoms with Crippen LogP contribution in [0.5, 0.6) is 0 Å². The summed E-state index contributed by atoms with van der Waals surface area (Å²) in [6.45, 7) is 2.86. The van der Waals surface area contributed by atoms with Crippen molar-refractivity contribution in [2.24, 2.45) is 0 Å². The molecule has 0 bridgehead atoms. The van der Waals surface area contributed by atoms with Crippen LogP contribution >= 0.6 is 0 Å². The lowest BCUT2D eigenvalue weighted by Crippen LogP contribution is -2.49. The number of piperidine rings is 1. The highest BCUT2D eigenvalue weighted by atomic mass is 16.5. The van der Waals surface area contributed by atoms with Crippen molar-refractivity contribution < 1.29 is 14.3 Å². The molecule has 6 nitrogen and oxygen atoms in total. The maximum absolute atomic E-state index is 12.8. The van der Waals surface area contributed by atoms with Gasteiger partial charge in [-0.2, -0.15) is 0 Å². The lowest BCUT2D eigenvalue weighted by molar-refractivity contribution is -0.141. The van der Waals surface area contributed by atoms with Crippen LogP contribution in [-0.2, 0) is 20.9 Å². The molecule has 2 aliphatic heterocycles. The van der Waals surface area contributed by atoms with E-state index in [0.29, 0.717) is 39.2 Å². The molecule has 3 heterocycles. The van der Waals surface area contributed by atoms with Crippen LogP contribution in [0.4, 0.5) is 0 Å². The topological polar surface area (TPSA) is 54.8 Å². The Hall–Kier alpha value is -2.34. The van der Waals surface area contributed by atoms with E-state index in [1.807, 2.05) is 47.0 Å². The van der Waals surface area contributed by atoms with Gasteiger partial charge in [-0.25, -0.2) is 0 Å². The van der Waals surface area contributed by atoms with Gasteiger partial charge < -0.3 is 19.1 Å². The molecule has 26 heavy (non-hydrogen) atoms. The monoisotopic (exact) mass is 355 g/mol. The second-order valence-electron chi connectivity index (χ2n) is 7.41. The molecule has 6 heteroatoms. The molecule has 2 aliphatic rings. The SMILES string of the molecule is CN1CCOC2(CCN(C(=O)Cn3ccc4ccccc43)CC2)CC1=O. The molecule has 0 atom stereocenters. The average Bonchev–Trinajstić information content (AvgIpc) is 2.99. The number of benzene rings is 1. The molecule has 1 spiro atoms. The zero-order valence-electron chi connectivity index (χ0n) is 15.2. The molecule has 0 radical (unpaired) electrons. The first-order chi connectivity index (χ1) is 12.6. The van der Waals surface area contributed by atoms with E-state index in [1.54, 1.807) is 4.90 Å². The number of carbonyl (C=O) groups is 2. The van der Waals surface area contributed by atoms with E-state index in [9.17, 15) is 9.59 Å². The maximum Gasteiger partial charge on any atom is 0.242 e. The molecule has 138 valence electrons. The van der Waals surface area contributed by atoms with E-state index in [4.69, 9.17) is 4.74 Å². The first kappa shape index (κ1) is 17.1. The Labute approximate surface area is 153 Å². The number of hydrogen-bond acceptors (Lipinski definition) is 3. The predicted octanol–water partition coefficient (Wildman–Crippen LogP) is 1.88. The second kappa shape index (κ2) is 6.76. The minimum absolute atomic E-state index is 0.123. The standard InChI is InChI=1S/C20H25N3O3/c1-21-12-13-26-20(14-18(21)24)7-10-22(11-8-20)19(25)15-23-9-6-16-4-2-3-5-17(16)23/h2-6,9H,7-8,10-15H2,1H3. The van der Waals surface area contributed by atoms with Crippen LogP contribution in [0.2, 0.25) is 0 Å². The van der Waals surface area contributed by atoms with Crippen molar-refractivity contribution in [3.8, 4) is 0 Å². The first-order valence-electron chi connectivity index (χ1n) is 9.26. The largest absolute Gasteiger partial charge is 0.372 e. The number of likely N-dealkylation sites (tertiary alicyclic amines) is 1. The van der Waals surface area contributed by atoms with Gasteiger partial charge in [0.1, 0.15) is 6.54 Å². The lowest BCUT2D eigenvalue weighted by Gasteiger charge is -2.40. The van der Waals surface area contributed by atoms with Crippen LogP contribution in [-0.4, -0.2) is 65.1 Å². The molecule has 2 amide bonds. The molecule has 2 aromatic rings. The Bertz CT molecular complexity index is 821. The normalized spacial score (nSPS) is 20.6. The fraction of sp³-hybridized carbons (Fsp3) is 0.500. The van der Waals surface area contributed by atoms with Crippen molar-refractivity contribution in [2.75, 3.05) is 33.3 Å². The van der Waals surface area contributed by atoms with Crippen LogP contribution in [0.15, 0.2) is 36.5 Å². The van der Waals surface area contributed by atoms with Crippen molar-refractivity contribution in [3.05, 3.63) is 36.5 Å². The van der Waals surface area contributed by atoms with E-state index < -0.39 is 5.60 Å². The van der Waals surface area contributed by atoms with Crippen molar-refractivity contribution >= 4 is 22.7 Å². The van der Waals surface area contributed by atoms with Crippen molar-refractivity contribution in [2.45, 2.75) is 31.4 Å². The van der Waals surface area contributed by atoms with Crippen molar-refractivity contribution in [3.63, 3.8) is 0 Å². The summed E-state index contributed by atoms with van der Waals surface area (Å²) >= 11 is 0. The van der Waals surface area contributed by atoms with Crippen LogP contribution in [0, 0.1) is 0 Å². The van der Waals surface area contributed by atoms with E-state index in [0.717, 1.165) is 23.7 Å². The highest BCUT2D eigenvalue weighted by Gasteiger charge is 2.40. The minimum atomic E-state index is -0.390. The molecule has 1 aromatic heterocycles. The van der Waals surface area contributed by atoms with Crippen molar-refractivity contribution in [1.82, 2.24) is 14.4 Å². The first-order valence-corrected chi connectivity index (χ1v) is 9.26. The number of fused-ring (bicyclic) bond motifs is 1. The molecule has 0 aliphatic carbocycles. The molecule has 0 saturated carbocycles. The number of aromatic nitrogens is 1. The second-order valence-corrected chi connectivity index (χ2v) is 7.41. The summed E-state index contributed by atoms with van der Waals surface area (Å²) in [6.07, 6.45) is 3.85. The van der Waals surface area contributed by atoms with Crippen LogP contribution in [0.3, 0.4) is 0 Å². The van der Waals surface area contributed by atoms with E-state index in [1.165, 1.54) is 0 Å². The average molecular weight is 355 g/mol. The fourth-order valence-corrected chi connectivity index (χ4v) is 3.99. The summed E-state index contributed by atoms with van der Waals surface area (Å²) in [4.78, 5) is 28.6. The number of rotatable bonds is 2. The van der Waals surface area contributed by atoms with E-state index in [2.05, 4.69) is 6.07 Å². The number of amides is 2. The zero-order chi connectivity index (χ0) is 18.1. The quantitative estimate of drug-likeness (QED) is 0.827. The van der Waals surface area contributed by atoms with E-state index in [-0.39, 0.29) is 11.8 Å². The molecule has 4 rings (SSSR count). The number of hydrogen-bond donors (Lipinski definition) is 0. The third kappa shape index (κ3) is 3.21. The van der Waals surface area contributed by atoms with Gasteiger partial charge in [-0.1, -0.05) is 18.2 Å². The summed E-state index contributed by atoms with van der Waals surface area (Å²) in [7, 11) is 1.82. The highest BCUT2D eigenvalue weighted by Crippen LogP contribution is 2.32. The number of ether oxygens (including phenoxy) is 1. The fourth-order valence-electron chi connectivity index (χ4n) is 3.99. The number of carbonyl (C=O) groups excluding carboxylic acids is 2. The molecule has 2 saturated heterocycles. The van der Waals surface area contributed by atoms with Crippen molar-refractivity contribution in [1.29, 1.82) is 0 Å². The Balaban J connectivity index is 1.40. The number of para-hydroxylation sites is 1. The van der Waals surface area contributed by atoms with E-state index >= 15 is 0 Å². The summed E-state index contributed by atoms with van der Waals surface area (Å²) in [5.41, 5.74) is 0.689. The summed E-state index contributed by atoms with van der Waals surface area (Å²) in [5, 5.41) is 1.15. The number of nitrogens with zero attached hydrogens (tertiary/aromatic N) is 3. The molecular weight excluding hydrogens is 330 g/mol. The Morgan fingerprint density at radius 2 is 1.92 bits per heavy atom. The number of likely N-dealkylation sites (N-methyl/N-ethyl adjacent to an activating group) is 1. The van der Waals surface area contributed by atoms with Gasteiger partial charge in [0, 0.05) is 38.4 Å². The van der Waals surface area contributed by atoms with Gasteiger partial charge in [-0.3, -0.25) is 9.59 Å². The molecular formula is C20H25N3O3. The highest BCUT2D eigenvalue weighted by molar-refractivity contribution is 5.83.